The van der Waals surface area contributed by atoms with Crippen molar-refractivity contribution in [2.45, 2.75) is 39.9 Å². The lowest BCUT2D eigenvalue weighted by molar-refractivity contribution is -0.137. The number of ketones is 1. The minimum atomic E-state index is -2.48. The van der Waals surface area contributed by atoms with Crippen molar-refractivity contribution in [2.24, 2.45) is 11.8 Å². The van der Waals surface area contributed by atoms with Gasteiger partial charge in [0.25, 0.3) is 0 Å². The number of halogens is 10. The van der Waals surface area contributed by atoms with E-state index in [0.29, 0.717) is 0 Å². The number of carbonyl (C=O) groups excluding carboxylic acids is 1. The van der Waals surface area contributed by atoms with Gasteiger partial charge in [-0.3, -0.25) is 4.79 Å². The Labute approximate surface area is 186 Å². The molecule has 2 aromatic carbocycles. The van der Waals surface area contributed by atoms with Crippen molar-refractivity contribution in [1.29, 1.82) is 0 Å². The van der Waals surface area contributed by atoms with Crippen molar-refractivity contribution < 1.29 is 58.2 Å². The Morgan fingerprint density at radius 1 is 0.471 bits per heavy atom. The summed E-state index contributed by atoms with van der Waals surface area (Å²) in [6, 6.07) is 0. The van der Waals surface area contributed by atoms with Crippen LogP contribution in [0, 0.1) is 70.0 Å². The minimum absolute atomic E-state index is 1.05. The van der Waals surface area contributed by atoms with Crippen LogP contribution < -0.4 is 9.47 Å². The van der Waals surface area contributed by atoms with E-state index in [-0.39, 0.29) is 0 Å². The number of hydrogen-bond donors (Lipinski definition) is 0. The van der Waals surface area contributed by atoms with Gasteiger partial charge in [-0.05, 0) is 11.8 Å². The SMILES string of the molecule is CC(C)C(Oc1c(F)c(F)c(F)c(F)c1F)C(=O)C(Oc1c(F)c(F)c(F)c(F)c1F)C(C)C. The molecule has 0 heterocycles. The quantitative estimate of drug-likeness (QED) is 0.245. The summed E-state index contributed by atoms with van der Waals surface area (Å²) in [5.41, 5.74) is 0. The predicted octanol–water partition coefficient (Wildman–Crippen LogP) is 6.15. The summed E-state index contributed by atoms with van der Waals surface area (Å²) in [6.45, 7) is 4.91. The molecule has 2 aromatic rings. The molecule has 0 aromatic heterocycles. The minimum Gasteiger partial charge on any atom is -0.476 e. The number of Topliss-reactive ketones (excluding diaryl/α,β-unsaturated/α-hetero) is 1. The van der Waals surface area contributed by atoms with Gasteiger partial charge in [0.05, 0.1) is 0 Å². The van der Waals surface area contributed by atoms with Gasteiger partial charge in [-0.15, -0.1) is 0 Å². The highest BCUT2D eigenvalue weighted by atomic mass is 19.2. The molecule has 0 aliphatic carbocycles. The molecule has 0 saturated heterocycles. The number of carbonyl (C=O) groups is 1. The molecule has 0 fully saturated rings. The molecule has 0 aliphatic rings. The fourth-order valence-electron chi connectivity index (χ4n) is 2.84. The first-order chi connectivity index (χ1) is 15.6. The monoisotopic (exact) mass is 506 g/mol. The van der Waals surface area contributed by atoms with Crippen LogP contribution in [0.25, 0.3) is 0 Å². The van der Waals surface area contributed by atoms with Crippen LogP contribution in [-0.4, -0.2) is 18.0 Å². The number of rotatable bonds is 8. The Balaban J connectivity index is 2.53. The first-order valence-corrected chi connectivity index (χ1v) is 9.53. The molecule has 0 radical (unpaired) electrons. The molecule has 2 rings (SSSR count). The van der Waals surface area contributed by atoms with E-state index in [2.05, 4.69) is 0 Å². The van der Waals surface area contributed by atoms with Gasteiger partial charge in [0.1, 0.15) is 0 Å². The molecule has 3 nitrogen and oxygen atoms in total. The van der Waals surface area contributed by atoms with Gasteiger partial charge in [0, 0.05) is 0 Å². The largest absolute Gasteiger partial charge is 0.476 e. The second kappa shape index (κ2) is 10.1. The van der Waals surface area contributed by atoms with Gasteiger partial charge in [-0.1, -0.05) is 27.7 Å². The van der Waals surface area contributed by atoms with Crippen molar-refractivity contribution in [3.63, 3.8) is 0 Å². The van der Waals surface area contributed by atoms with E-state index in [1.807, 2.05) is 0 Å². The highest BCUT2D eigenvalue weighted by molar-refractivity contribution is 5.88. The molecule has 0 amide bonds. The first-order valence-electron chi connectivity index (χ1n) is 9.53. The molecule has 0 spiro atoms. The fourth-order valence-corrected chi connectivity index (χ4v) is 2.84. The molecule has 2 atom stereocenters. The number of ether oxygens (including phenoxy) is 2. The molecule has 0 N–H and O–H groups in total. The van der Waals surface area contributed by atoms with E-state index in [4.69, 9.17) is 9.47 Å². The van der Waals surface area contributed by atoms with Gasteiger partial charge < -0.3 is 9.47 Å². The van der Waals surface area contributed by atoms with Crippen molar-refractivity contribution in [1.82, 2.24) is 0 Å². The predicted molar refractivity (Wildman–Crippen MR) is 96.0 cm³/mol. The third-order valence-corrected chi connectivity index (χ3v) is 4.60. The lowest BCUT2D eigenvalue weighted by Gasteiger charge is -2.29. The summed E-state index contributed by atoms with van der Waals surface area (Å²) in [7, 11) is 0. The van der Waals surface area contributed by atoms with E-state index >= 15 is 0 Å². The van der Waals surface area contributed by atoms with Crippen LogP contribution in [0.4, 0.5) is 43.9 Å². The van der Waals surface area contributed by atoms with Crippen LogP contribution in [0.1, 0.15) is 27.7 Å². The highest BCUT2D eigenvalue weighted by Gasteiger charge is 2.39. The van der Waals surface area contributed by atoms with Crippen LogP contribution in [0.5, 0.6) is 11.5 Å². The van der Waals surface area contributed by atoms with E-state index in [1.165, 1.54) is 27.7 Å². The molecule has 0 bridgehead atoms. The fraction of sp³-hybridized carbons (Fsp3) is 0.381. The summed E-state index contributed by atoms with van der Waals surface area (Å²) in [4.78, 5) is 13.0. The summed E-state index contributed by atoms with van der Waals surface area (Å²) in [5, 5.41) is 0. The van der Waals surface area contributed by atoms with Crippen LogP contribution >= 0.6 is 0 Å². The van der Waals surface area contributed by atoms with Gasteiger partial charge in [0.2, 0.25) is 64.0 Å². The zero-order valence-corrected chi connectivity index (χ0v) is 17.8. The molecular formula is C21H16F10O3. The van der Waals surface area contributed by atoms with E-state index in [9.17, 15) is 48.7 Å². The maximum Gasteiger partial charge on any atom is 0.214 e. The smallest absolute Gasteiger partial charge is 0.214 e. The normalized spacial score (nSPS) is 13.4. The van der Waals surface area contributed by atoms with E-state index in [1.54, 1.807) is 0 Å². The molecule has 2 unspecified atom stereocenters. The zero-order valence-electron chi connectivity index (χ0n) is 17.8. The van der Waals surface area contributed by atoms with Crippen molar-refractivity contribution in [2.75, 3.05) is 0 Å². The Morgan fingerprint density at radius 2 is 0.676 bits per heavy atom. The van der Waals surface area contributed by atoms with Gasteiger partial charge in [-0.25, -0.2) is 26.3 Å². The number of hydrogen-bond acceptors (Lipinski definition) is 3. The summed E-state index contributed by atoms with van der Waals surface area (Å²) in [6.07, 6.45) is -4.05. The van der Waals surface area contributed by atoms with Crippen LogP contribution in [-0.2, 0) is 4.79 Å². The Hall–Kier alpha value is -2.99. The second-order valence-electron chi connectivity index (χ2n) is 7.77. The summed E-state index contributed by atoms with van der Waals surface area (Å²) in [5.74, 6) is -31.0. The van der Waals surface area contributed by atoms with Crippen molar-refractivity contribution >= 4 is 5.78 Å². The second-order valence-corrected chi connectivity index (χ2v) is 7.77. The zero-order chi connectivity index (χ0) is 26.2. The van der Waals surface area contributed by atoms with Gasteiger partial charge in [0.15, 0.2) is 23.7 Å². The Kier molecular flexibility index (Phi) is 8.10. The molecule has 0 aliphatic heterocycles. The van der Waals surface area contributed by atoms with Crippen molar-refractivity contribution in [3.8, 4) is 11.5 Å². The lowest BCUT2D eigenvalue weighted by Crippen LogP contribution is -2.45. The third kappa shape index (κ3) is 4.78. The van der Waals surface area contributed by atoms with Crippen LogP contribution in [0.15, 0.2) is 0 Å². The summed E-state index contributed by atoms with van der Waals surface area (Å²) >= 11 is 0. The lowest BCUT2D eigenvalue weighted by atomic mass is 9.93. The molecule has 0 saturated carbocycles. The first kappa shape index (κ1) is 27.3. The number of benzene rings is 2. The van der Waals surface area contributed by atoms with E-state index in [0.717, 1.165) is 0 Å². The maximum absolute atomic E-state index is 14.0. The molecule has 34 heavy (non-hydrogen) atoms. The summed E-state index contributed by atoms with van der Waals surface area (Å²) < 4.78 is 146. The standard InChI is InChI=1S/C21H16F10O3/c1-5(2)18(33-20-13(28)9(24)7(22)10(25)14(20)29)17(32)19(6(3)4)34-21-15(30)11(26)8(23)12(27)16(21)31/h5-6,18-19H,1-4H3. The maximum atomic E-state index is 14.0. The van der Waals surface area contributed by atoms with Gasteiger partial charge >= 0.3 is 0 Å². The molecular weight excluding hydrogens is 490 g/mol. The third-order valence-electron chi connectivity index (χ3n) is 4.60. The Bertz CT molecular complexity index is 973. The highest BCUT2D eigenvalue weighted by Crippen LogP contribution is 2.34. The average molecular weight is 506 g/mol. The molecule has 13 heteroatoms. The molecule has 188 valence electrons. The van der Waals surface area contributed by atoms with Crippen LogP contribution in [0.3, 0.4) is 0 Å². The topological polar surface area (TPSA) is 35.5 Å². The van der Waals surface area contributed by atoms with Gasteiger partial charge in [-0.2, -0.15) is 17.6 Å². The van der Waals surface area contributed by atoms with Crippen molar-refractivity contribution in [3.05, 3.63) is 58.2 Å². The average Bonchev–Trinajstić information content (AvgIpc) is 2.78. The van der Waals surface area contributed by atoms with Crippen LogP contribution in [0.2, 0.25) is 0 Å². The van der Waals surface area contributed by atoms with E-state index < -0.39 is 99.5 Å². The Morgan fingerprint density at radius 3 is 0.882 bits per heavy atom.